The molecule has 0 radical (unpaired) electrons. The number of carbonyl (C=O) groups is 1. The lowest BCUT2D eigenvalue weighted by molar-refractivity contribution is -0.163. The second-order valence-electron chi connectivity index (χ2n) is 8.34. The van der Waals surface area contributed by atoms with Crippen molar-refractivity contribution in [2.24, 2.45) is 5.92 Å². The molecule has 7 heteroatoms. The molecule has 0 bridgehead atoms. The number of para-hydroxylation sites is 1. The molecule has 3 aromatic carbocycles. The van der Waals surface area contributed by atoms with Crippen LogP contribution in [-0.4, -0.2) is 28.0 Å². The first-order chi connectivity index (χ1) is 15.8. The zero-order valence-electron chi connectivity index (χ0n) is 17.6. The van der Waals surface area contributed by atoms with Gasteiger partial charge in [0.1, 0.15) is 11.9 Å². The normalized spacial score (nSPS) is 17.1. The average Bonchev–Trinajstić information content (AvgIpc) is 3.63. The topological polar surface area (TPSA) is 66.8 Å². The third kappa shape index (κ3) is 5.02. The fourth-order valence-electron chi connectivity index (χ4n) is 4.18. The van der Waals surface area contributed by atoms with Crippen LogP contribution in [0.15, 0.2) is 72.8 Å². The van der Waals surface area contributed by atoms with E-state index >= 15 is 4.39 Å². The number of aliphatic hydroxyl groups is 1. The Morgan fingerprint density at radius 3 is 2.36 bits per heavy atom. The maximum atomic E-state index is 16.3. The van der Waals surface area contributed by atoms with Crippen molar-refractivity contribution >= 4 is 17.6 Å². The fourth-order valence-corrected chi connectivity index (χ4v) is 4.31. The Balaban J connectivity index is 1.62. The van der Waals surface area contributed by atoms with Crippen LogP contribution in [0, 0.1) is 11.7 Å². The van der Waals surface area contributed by atoms with E-state index < -0.39 is 29.5 Å². The summed E-state index contributed by atoms with van der Waals surface area (Å²) in [6.07, 6.45) is -0.855. The summed E-state index contributed by atoms with van der Waals surface area (Å²) >= 11 is 5.94. The van der Waals surface area contributed by atoms with Gasteiger partial charge in [-0.05, 0) is 66.3 Å². The molecule has 0 saturated heterocycles. The van der Waals surface area contributed by atoms with Crippen molar-refractivity contribution in [3.05, 3.63) is 94.8 Å². The Morgan fingerprint density at radius 2 is 1.76 bits per heavy atom. The molecule has 172 valence electrons. The molecule has 0 unspecified atom stereocenters. The quantitative estimate of drug-likeness (QED) is 0.391. The highest BCUT2D eigenvalue weighted by Crippen LogP contribution is 2.51. The Kier molecular flexibility index (Phi) is 6.68. The summed E-state index contributed by atoms with van der Waals surface area (Å²) in [5.74, 6) is -3.28. The van der Waals surface area contributed by atoms with Crippen LogP contribution in [0.5, 0.6) is 11.5 Å². The van der Waals surface area contributed by atoms with Crippen LogP contribution >= 0.6 is 11.6 Å². The summed E-state index contributed by atoms with van der Waals surface area (Å²) in [7, 11) is 0. The number of carboxylic acid groups (broad SMARTS) is 1. The minimum Gasteiger partial charge on any atom is -0.479 e. The van der Waals surface area contributed by atoms with Gasteiger partial charge < -0.3 is 14.9 Å². The molecule has 1 aliphatic rings. The van der Waals surface area contributed by atoms with Gasteiger partial charge in [0.05, 0.1) is 0 Å². The lowest BCUT2D eigenvalue weighted by Crippen LogP contribution is -2.52. The van der Waals surface area contributed by atoms with E-state index in [1.807, 2.05) is 0 Å². The number of hydrogen-bond acceptors (Lipinski definition) is 3. The van der Waals surface area contributed by atoms with Gasteiger partial charge in [-0.2, -0.15) is 0 Å². The number of rotatable bonds is 9. The van der Waals surface area contributed by atoms with Gasteiger partial charge in [-0.1, -0.05) is 48.0 Å². The number of benzene rings is 3. The molecule has 33 heavy (non-hydrogen) atoms. The van der Waals surface area contributed by atoms with E-state index in [1.165, 1.54) is 12.1 Å². The van der Waals surface area contributed by atoms with Gasteiger partial charge in [0, 0.05) is 17.4 Å². The predicted molar refractivity (Wildman–Crippen MR) is 121 cm³/mol. The Bertz CT molecular complexity index is 1120. The Morgan fingerprint density at radius 1 is 1.09 bits per heavy atom. The van der Waals surface area contributed by atoms with Crippen molar-refractivity contribution in [2.75, 3.05) is 0 Å². The van der Waals surface area contributed by atoms with Crippen LogP contribution in [0.4, 0.5) is 8.78 Å². The molecule has 3 atom stereocenters. The Labute approximate surface area is 195 Å². The molecule has 1 fully saturated rings. The highest BCUT2D eigenvalue weighted by Gasteiger charge is 2.57. The summed E-state index contributed by atoms with van der Waals surface area (Å²) in [5.41, 5.74) is -2.12. The fraction of sp³-hybridized carbons (Fsp3) is 0.269. The summed E-state index contributed by atoms with van der Waals surface area (Å²) in [6, 6.07) is 18.8. The molecular weight excluding hydrogens is 450 g/mol. The van der Waals surface area contributed by atoms with Crippen molar-refractivity contribution in [3.8, 4) is 11.5 Å². The number of hydrogen-bond donors (Lipinski definition) is 2. The van der Waals surface area contributed by atoms with Crippen LogP contribution in [0.2, 0.25) is 5.02 Å². The largest absolute Gasteiger partial charge is 0.479 e. The smallest absolute Gasteiger partial charge is 0.344 e. The zero-order chi connectivity index (χ0) is 23.6. The molecule has 3 aromatic rings. The molecule has 1 saturated carbocycles. The van der Waals surface area contributed by atoms with Crippen molar-refractivity contribution in [2.45, 2.75) is 37.0 Å². The molecule has 4 rings (SSSR count). The number of ether oxygens (including phenoxy) is 1. The van der Waals surface area contributed by atoms with Crippen molar-refractivity contribution in [1.82, 2.24) is 0 Å². The molecule has 2 N–H and O–H groups in total. The van der Waals surface area contributed by atoms with E-state index in [0.717, 1.165) is 6.07 Å². The summed E-state index contributed by atoms with van der Waals surface area (Å²) in [6.45, 7) is 0. The van der Waals surface area contributed by atoms with Gasteiger partial charge in [0.15, 0.2) is 11.6 Å². The highest BCUT2D eigenvalue weighted by molar-refractivity contribution is 6.30. The number of aliphatic hydroxyl groups excluding tert-OH is 1. The highest BCUT2D eigenvalue weighted by atomic mass is 35.5. The number of aliphatic carboxylic acids is 1. The number of alkyl halides is 1. The van der Waals surface area contributed by atoms with Gasteiger partial charge in [-0.3, -0.25) is 0 Å². The van der Waals surface area contributed by atoms with E-state index in [0.29, 0.717) is 34.7 Å². The first-order valence-corrected chi connectivity index (χ1v) is 11.0. The van der Waals surface area contributed by atoms with Crippen LogP contribution in [0.25, 0.3) is 0 Å². The second-order valence-corrected chi connectivity index (χ2v) is 8.78. The molecule has 0 heterocycles. The predicted octanol–water partition coefficient (Wildman–Crippen LogP) is 6.16. The van der Waals surface area contributed by atoms with Crippen molar-refractivity contribution < 1.29 is 28.5 Å². The van der Waals surface area contributed by atoms with Crippen molar-refractivity contribution in [3.63, 3.8) is 0 Å². The number of halogens is 3. The minimum absolute atomic E-state index is 0.0953. The zero-order valence-corrected chi connectivity index (χ0v) is 18.4. The molecule has 0 spiro atoms. The molecular formula is C26H23ClF2O4. The van der Waals surface area contributed by atoms with Crippen LogP contribution in [0.3, 0.4) is 0 Å². The SMILES string of the molecule is O=C(O)[C@](F)([C@@H](O)Cc1ccc(F)c(Oc2ccccc2)c1)[C@@H](c1ccc(Cl)cc1)C1CC1. The third-order valence-electron chi connectivity index (χ3n) is 5.98. The second kappa shape index (κ2) is 9.49. The van der Waals surface area contributed by atoms with E-state index in [9.17, 15) is 19.4 Å². The third-order valence-corrected chi connectivity index (χ3v) is 6.24. The average molecular weight is 473 g/mol. The van der Waals surface area contributed by atoms with Gasteiger partial charge in [-0.25, -0.2) is 13.6 Å². The van der Waals surface area contributed by atoms with Crippen LogP contribution in [0.1, 0.15) is 29.9 Å². The van der Waals surface area contributed by atoms with E-state index in [4.69, 9.17) is 16.3 Å². The van der Waals surface area contributed by atoms with Gasteiger partial charge in [-0.15, -0.1) is 0 Å². The lowest BCUT2D eigenvalue weighted by Gasteiger charge is -2.35. The molecule has 0 amide bonds. The molecule has 4 nitrogen and oxygen atoms in total. The molecule has 0 aromatic heterocycles. The van der Waals surface area contributed by atoms with Gasteiger partial charge in [0.25, 0.3) is 0 Å². The van der Waals surface area contributed by atoms with E-state index in [-0.39, 0.29) is 18.1 Å². The summed E-state index contributed by atoms with van der Waals surface area (Å²) < 4.78 is 36.1. The van der Waals surface area contributed by atoms with E-state index in [2.05, 4.69) is 0 Å². The first-order valence-electron chi connectivity index (χ1n) is 10.7. The maximum absolute atomic E-state index is 16.3. The summed E-state index contributed by atoms with van der Waals surface area (Å²) in [4.78, 5) is 12.2. The van der Waals surface area contributed by atoms with Crippen LogP contribution in [-0.2, 0) is 11.2 Å². The monoisotopic (exact) mass is 472 g/mol. The summed E-state index contributed by atoms with van der Waals surface area (Å²) in [5, 5.41) is 21.2. The number of carboxylic acids is 1. The van der Waals surface area contributed by atoms with Crippen LogP contribution < -0.4 is 4.74 Å². The van der Waals surface area contributed by atoms with Gasteiger partial charge in [0.2, 0.25) is 5.67 Å². The van der Waals surface area contributed by atoms with Crippen molar-refractivity contribution in [1.29, 1.82) is 0 Å². The molecule has 1 aliphatic carbocycles. The lowest BCUT2D eigenvalue weighted by atomic mass is 9.75. The maximum Gasteiger partial charge on any atom is 0.344 e. The minimum atomic E-state index is -2.94. The molecule has 0 aliphatic heterocycles. The standard InChI is InChI=1S/C26H23ClF2O4/c27-19-11-9-18(10-12-19)24(17-7-8-17)26(29,25(31)32)23(30)15-16-6-13-21(28)22(14-16)33-20-4-2-1-3-5-20/h1-6,9-14,17,23-24,30H,7-8,15H2,(H,31,32)/t23-,24+,26-/m0/s1. The first kappa shape index (κ1) is 23.2. The van der Waals surface area contributed by atoms with Gasteiger partial charge >= 0.3 is 5.97 Å². The Hall–Kier alpha value is -2.96. The van der Waals surface area contributed by atoms with E-state index in [1.54, 1.807) is 54.6 Å².